The smallest absolute Gasteiger partial charge is 0.191 e. The van der Waals surface area contributed by atoms with Crippen molar-refractivity contribution in [1.82, 2.24) is 15.6 Å². The van der Waals surface area contributed by atoms with Gasteiger partial charge in [-0.1, -0.05) is 6.07 Å². The maximum atomic E-state index is 4.46. The van der Waals surface area contributed by atoms with E-state index in [0.29, 0.717) is 6.54 Å². The Morgan fingerprint density at radius 2 is 2.11 bits per heavy atom. The van der Waals surface area contributed by atoms with E-state index in [2.05, 4.69) is 40.7 Å². The van der Waals surface area contributed by atoms with Gasteiger partial charge in [-0.2, -0.15) is 11.8 Å². The second-order valence-corrected chi connectivity index (χ2v) is 6.53. The van der Waals surface area contributed by atoms with Gasteiger partial charge in [-0.3, -0.25) is 9.98 Å². The van der Waals surface area contributed by atoms with E-state index >= 15 is 0 Å². The first-order valence-corrected chi connectivity index (χ1v) is 7.61. The van der Waals surface area contributed by atoms with Crippen molar-refractivity contribution in [1.29, 1.82) is 0 Å². The van der Waals surface area contributed by atoms with Gasteiger partial charge in [0.15, 0.2) is 5.96 Å². The summed E-state index contributed by atoms with van der Waals surface area (Å²) in [5.41, 5.74) is 2.05. The molecule has 0 radical (unpaired) electrons. The number of aryl methyl sites for hydroxylation is 1. The van der Waals surface area contributed by atoms with Gasteiger partial charge in [-0.15, -0.1) is 0 Å². The van der Waals surface area contributed by atoms with Crippen LogP contribution >= 0.6 is 11.8 Å². The molecule has 0 aliphatic heterocycles. The first-order valence-electron chi connectivity index (χ1n) is 6.39. The third-order valence-corrected chi connectivity index (χ3v) is 4.09. The Balaban J connectivity index is 2.46. The summed E-state index contributed by atoms with van der Waals surface area (Å²) in [6, 6.07) is 6.03. The standard InChI is InChI=1S/C14H24N4S/c1-11-7-6-8-12(18-11)9-16-13(15-4)17-10-14(2,3)19-5/h6-8H,9-10H2,1-5H3,(H2,15,16,17). The van der Waals surface area contributed by atoms with Gasteiger partial charge in [0.2, 0.25) is 0 Å². The third-order valence-electron chi connectivity index (χ3n) is 2.84. The largest absolute Gasteiger partial charge is 0.355 e. The number of hydrogen-bond acceptors (Lipinski definition) is 3. The summed E-state index contributed by atoms with van der Waals surface area (Å²) in [6.07, 6.45) is 2.12. The number of guanidine groups is 1. The number of aromatic nitrogens is 1. The second-order valence-electron chi connectivity index (χ2n) is 5.01. The first kappa shape index (κ1) is 15.8. The third kappa shape index (κ3) is 5.96. The van der Waals surface area contributed by atoms with Crippen LogP contribution in [0.5, 0.6) is 0 Å². The van der Waals surface area contributed by atoms with Gasteiger partial charge in [0, 0.05) is 24.0 Å². The van der Waals surface area contributed by atoms with Crippen molar-refractivity contribution in [3.8, 4) is 0 Å². The topological polar surface area (TPSA) is 49.3 Å². The van der Waals surface area contributed by atoms with Crippen LogP contribution in [0.15, 0.2) is 23.2 Å². The lowest BCUT2D eigenvalue weighted by Gasteiger charge is -2.23. The lowest BCUT2D eigenvalue weighted by atomic mass is 10.2. The molecule has 0 spiro atoms. The summed E-state index contributed by atoms with van der Waals surface area (Å²) < 4.78 is 0.194. The van der Waals surface area contributed by atoms with Crippen LogP contribution in [-0.4, -0.2) is 35.5 Å². The zero-order chi connectivity index (χ0) is 14.3. The van der Waals surface area contributed by atoms with E-state index in [4.69, 9.17) is 0 Å². The van der Waals surface area contributed by atoms with E-state index in [1.807, 2.05) is 36.9 Å². The Labute approximate surface area is 120 Å². The normalized spacial score (nSPS) is 12.4. The van der Waals surface area contributed by atoms with Crippen LogP contribution < -0.4 is 10.6 Å². The Bertz CT molecular complexity index is 429. The number of pyridine rings is 1. The molecule has 0 fully saturated rings. The average molecular weight is 280 g/mol. The molecule has 0 amide bonds. The van der Waals surface area contributed by atoms with Crippen molar-refractivity contribution >= 4 is 17.7 Å². The molecule has 1 rings (SSSR count). The van der Waals surface area contributed by atoms with E-state index in [-0.39, 0.29) is 4.75 Å². The summed E-state index contributed by atoms with van der Waals surface area (Å²) in [7, 11) is 1.78. The molecule has 106 valence electrons. The molecule has 5 heteroatoms. The molecule has 1 aromatic heterocycles. The molecule has 19 heavy (non-hydrogen) atoms. The van der Waals surface area contributed by atoms with Crippen LogP contribution in [0, 0.1) is 6.92 Å². The van der Waals surface area contributed by atoms with Crippen molar-refractivity contribution in [2.75, 3.05) is 19.8 Å². The van der Waals surface area contributed by atoms with Gasteiger partial charge in [0.1, 0.15) is 0 Å². The molecule has 0 saturated carbocycles. The Kier molecular flexibility index (Phi) is 6.15. The maximum absolute atomic E-state index is 4.46. The van der Waals surface area contributed by atoms with Crippen molar-refractivity contribution in [2.45, 2.75) is 32.1 Å². The maximum Gasteiger partial charge on any atom is 0.191 e. The van der Waals surface area contributed by atoms with Crippen molar-refractivity contribution in [3.05, 3.63) is 29.6 Å². The van der Waals surface area contributed by atoms with Gasteiger partial charge in [0.25, 0.3) is 0 Å². The van der Waals surface area contributed by atoms with E-state index in [9.17, 15) is 0 Å². The molecule has 1 aromatic rings. The Morgan fingerprint density at radius 3 is 2.68 bits per heavy atom. The highest BCUT2D eigenvalue weighted by Gasteiger charge is 2.15. The summed E-state index contributed by atoms with van der Waals surface area (Å²) >= 11 is 1.84. The number of aliphatic imine (C=N–C) groups is 1. The monoisotopic (exact) mass is 280 g/mol. The number of hydrogen-bond donors (Lipinski definition) is 2. The Morgan fingerprint density at radius 1 is 1.37 bits per heavy atom. The summed E-state index contributed by atoms with van der Waals surface area (Å²) in [6.45, 7) is 7.97. The van der Waals surface area contributed by atoms with Crippen molar-refractivity contribution < 1.29 is 0 Å². The number of nitrogens with one attached hydrogen (secondary N) is 2. The minimum Gasteiger partial charge on any atom is -0.355 e. The Hall–Kier alpha value is -1.23. The fourth-order valence-corrected chi connectivity index (χ4v) is 1.68. The highest BCUT2D eigenvalue weighted by molar-refractivity contribution is 7.99. The van der Waals surface area contributed by atoms with E-state index in [0.717, 1.165) is 23.9 Å². The number of thioether (sulfide) groups is 1. The fourth-order valence-electron chi connectivity index (χ4n) is 1.46. The molecule has 2 N–H and O–H groups in total. The average Bonchev–Trinajstić information content (AvgIpc) is 2.39. The SMILES string of the molecule is CN=C(NCc1cccc(C)n1)NCC(C)(C)SC. The molecule has 0 aliphatic rings. The minimum atomic E-state index is 0.194. The molecule has 1 heterocycles. The summed E-state index contributed by atoms with van der Waals surface area (Å²) in [4.78, 5) is 8.68. The van der Waals surface area contributed by atoms with Crippen LogP contribution in [0.25, 0.3) is 0 Å². The first-order chi connectivity index (χ1) is 8.96. The van der Waals surface area contributed by atoms with Gasteiger partial charge in [-0.05, 0) is 39.2 Å². The van der Waals surface area contributed by atoms with Crippen LogP contribution in [0.3, 0.4) is 0 Å². The van der Waals surface area contributed by atoms with E-state index < -0.39 is 0 Å². The molecule has 0 aliphatic carbocycles. The van der Waals surface area contributed by atoms with Gasteiger partial charge < -0.3 is 10.6 Å². The summed E-state index contributed by atoms with van der Waals surface area (Å²) in [5, 5.41) is 6.61. The van der Waals surface area contributed by atoms with Gasteiger partial charge in [0.05, 0.1) is 12.2 Å². The predicted molar refractivity (Wildman–Crippen MR) is 84.8 cm³/mol. The van der Waals surface area contributed by atoms with Gasteiger partial charge in [-0.25, -0.2) is 0 Å². The zero-order valence-corrected chi connectivity index (χ0v) is 13.3. The minimum absolute atomic E-state index is 0.194. The zero-order valence-electron chi connectivity index (χ0n) is 12.4. The van der Waals surface area contributed by atoms with Crippen LogP contribution in [-0.2, 0) is 6.54 Å². The van der Waals surface area contributed by atoms with Crippen LogP contribution in [0.2, 0.25) is 0 Å². The second kappa shape index (κ2) is 7.38. The molecule has 0 saturated heterocycles. The molecule has 4 nitrogen and oxygen atoms in total. The lowest BCUT2D eigenvalue weighted by molar-refractivity contribution is 0.663. The number of nitrogens with zero attached hydrogens (tertiary/aromatic N) is 2. The molecular formula is C14H24N4S. The number of rotatable bonds is 5. The highest BCUT2D eigenvalue weighted by Crippen LogP contribution is 2.19. The van der Waals surface area contributed by atoms with Gasteiger partial charge >= 0.3 is 0 Å². The van der Waals surface area contributed by atoms with Crippen LogP contribution in [0.1, 0.15) is 25.2 Å². The summed E-state index contributed by atoms with van der Waals surface area (Å²) in [5.74, 6) is 0.811. The fraction of sp³-hybridized carbons (Fsp3) is 0.571. The molecule has 0 atom stereocenters. The van der Waals surface area contributed by atoms with E-state index in [1.165, 1.54) is 0 Å². The molecule has 0 unspecified atom stereocenters. The predicted octanol–water partition coefficient (Wildman–Crippen LogP) is 2.20. The quantitative estimate of drug-likeness (QED) is 0.641. The lowest BCUT2D eigenvalue weighted by Crippen LogP contribution is -2.43. The van der Waals surface area contributed by atoms with Crippen LogP contribution in [0.4, 0.5) is 0 Å². The molecule has 0 bridgehead atoms. The van der Waals surface area contributed by atoms with Crippen molar-refractivity contribution in [2.24, 2.45) is 4.99 Å². The highest BCUT2D eigenvalue weighted by atomic mass is 32.2. The van der Waals surface area contributed by atoms with E-state index in [1.54, 1.807) is 7.05 Å². The molecular weight excluding hydrogens is 256 g/mol. The van der Waals surface area contributed by atoms with Crippen molar-refractivity contribution in [3.63, 3.8) is 0 Å². The molecule has 0 aromatic carbocycles.